The molecule has 0 atom stereocenters. The van der Waals surface area contributed by atoms with E-state index in [9.17, 15) is 14.0 Å². The van der Waals surface area contributed by atoms with Gasteiger partial charge in [-0.3, -0.25) is 9.59 Å². The predicted octanol–water partition coefficient (Wildman–Crippen LogP) is 4.06. The fourth-order valence-corrected chi connectivity index (χ4v) is 2.53. The van der Waals surface area contributed by atoms with Crippen LogP contribution in [0.1, 0.15) is 26.5 Å². The highest BCUT2D eigenvalue weighted by Gasteiger charge is 2.13. The zero-order chi connectivity index (χ0) is 19.2. The van der Waals surface area contributed by atoms with Gasteiger partial charge < -0.3 is 10.6 Å². The first-order chi connectivity index (χ1) is 13.0. The number of nitrogens with zero attached hydrogens (tertiary/aromatic N) is 1. The summed E-state index contributed by atoms with van der Waals surface area (Å²) in [5, 5.41) is 5.87. The van der Waals surface area contributed by atoms with Gasteiger partial charge in [-0.05, 0) is 48.0 Å². The lowest BCUT2D eigenvalue weighted by Gasteiger charge is -2.08. The van der Waals surface area contributed by atoms with Crippen molar-refractivity contribution in [1.29, 1.82) is 0 Å². The molecule has 2 N–H and O–H groups in total. The summed E-state index contributed by atoms with van der Waals surface area (Å²) in [6.07, 6.45) is 0. The standard InChI is InChI=1S/C20H15ClFN3O2/c21-16-5-2-1-4-13(16)12-23-19(26)17-6-3-7-18(25-17)20(27)24-15-10-8-14(22)9-11-15/h1-11H,12H2,(H,23,26)(H,24,27). The summed E-state index contributed by atoms with van der Waals surface area (Å²) in [4.78, 5) is 28.7. The van der Waals surface area contributed by atoms with Crippen LogP contribution in [-0.2, 0) is 6.54 Å². The van der Waals surface area contributed by atoms with E-state index >= 15 is 0 Å². The summed E-state index contributed by atoms with van der Waals surface area (Å²) in [6, 6.07) is 17.1. The Bertz CT molecular complexity index is 977. The number of carbonyl (C=O) groups excluding carboxylic acids is 2. The first-order valence-corrected chi connectivity index (χ1v) is 8.46. The lowest BCUT2D eigenvalue weighted by molar-refractivity contribution is 0.0945. The van der Waals surface area contributed by atoms with E-state index in [4.69, 9.17) is 11.6 Å². The van der Waals surface area contributed by atoms with Crippen LogP contribution in [-0.4, -0.2) is 16.8 Å². The summed E-state index contributed by atoms with van der Waals surface area (Å²) >= 11 is 6.06. The second kappa shape index (κ2) is 8.42. The highest BCUT2D eigenvalue weighted by molar-refractivity contribution is 6.31. The number of aromatic nitrogens is 1. The SMILES string of the molecule is O=C(NCc1ccccc1Cl)c1cccc(C(=O)Nc2ccc(F)cc2)n1. The van der Waals surface area contributed by atoms with Crippen LogP contribution >= 0.6 is 11.6 Å². The van der Waals surface area contributed by atoms with Crippen molar-refractivity contribution in [2.24, 2.45) is 0 Å². The van der Waals surface area contributed by atoms with E-state index in [2.05, 4.69) is 15.6 Å². The third-order valence-electron chi connectivity index (χ3n) is 3.71. The smallest absolute Gasteiger partial charge is 0.274 e. The van der Waals surface area contributed by atoms with Gasteiger partial charge in [-0.25, -0.2) is 9.37 Å². The molecule has 0 aliphatic carbocycles. The molecule has 0 saturated heterocycles. The van der Waals surface area contributed by atoms with E-state index in [0.29, 0.717) is 10.7 Å². The van der Waals surface area contributed by atoms with Gasteiger partial charge in [0, 0.05) is 17.3 Å². The molecule has 0 aliphatic rings. The molecule has 0 radical (unpaired) electrons. The van der Waals surface area contributed by atoms with Gasteiger partial charge in [0.2, 0.25) is 0 Å². The van der Waals surface area contributed by atoms with Crippen LogP contribution in [0.2, 0.25) is 5.02 Å². The van der Waals surface area contributed by atoms with Gasteiger partial charge >= 0.3 is 0 Å². The van der Waals surface area contributed by atoms with Gasteiger partial charge in [-0.15, -0.1) is 0 Å². The first-order valence-electron chi connectivity index (χ1n) is 8.08. The molecule has 0 spiro atoms. The van der Waals surface area contributed by atoms with Crippen LogP contribution in [0.25, 0.3) is 0 Å². The van der Waals surface area contributed by atoms with Gasteiger partial charge in [-0.1, -0.05) is 35.9 Å². The van der Waals surface area contributed by atoms with Crippen molar-refractivity contribution in [2.45, 2.75) is 6.54 Å². The molecule has 2 amide bonds. The maximum atomic E-state index is 12.9. The maximum absolute atomic E-state index is 12.9. The number of amides is 2. The Hall–Kier alpha value is -3.25. The molecule has 1 heterocycles. The first kappa shape index (κ1) is 18.5. The van der Waals surface area contributed by atoms with Crippen molar-refractivity contribution in [2.75, 3.05) is 5.32 Å². The molecule has 1 aromatic heterocycles. The monoisotopic (exact) mass is 383 g/mol. The zero-order valence-electron chi connectivity index (χ0n) is 14.1. The van der Waals surface area contributed by atoms with Gasteiger partial charge in [0.25, 0.3) is 11.8 Å². The minimum atomic E-state index is -0.498. The number of nitrogens with one attached hydrogen (secondary N) is 2. The summed E-state index contributed by atoms with van der Waals surface area (Å²) < 4.78 is 12.9. The Labute approximate surface area is 160 Å². The second-order valence-electron chi connectivity index (χ2n) is 5.64. The average molecular weight is 384 g/mol. The predicted molar refractivity (Wildman–Crippen MR) is 101 cm³/mol. The summed E-state index contributed by atoms with van der Waals surface area (Å²) in [7, 11) is 0. The molecule has 0 aliphatic heterocycles. The number of halogens is 2. The number of anilines is 1. The fourth-order valence-electron chi connectivity index (χ4n) is 2.32. The van der Waals surface area contributed by atoms with Crippen molar-refractivity contribution in [3.63, 3.8) is 0 Å². The summed E-state index contributed by atoms with van der Waals surface area (Å²) in [5.41, 5.74) is 1.38. The third-order valence-corrected chi connectivity index (χ3v) is 4.08. The number of pyridine rings is 1. The van der Waals surface area contributed by atoms with Crippen molar-refractivity contribution >= 4 is 29.1 Å². The van der Waals surface area contributed by atoms with E-state index in [1.54, 1.807) is 18.2 Å². The molecule has 0 saturated carbocycles. The van der Waals surface area contributed by atoms with Crippen molar-refractivity contribution in [3.8, 4) is 0 Å². The van der Waals surface area contributed by atoms with Gasteiger partial charge in [0.1, 0.15) is 17.2 Å². The van der Waals surface area contributed by atoms with Gasteiger partial charge in [0.05, 0.1) is 0 Å². The fraction of sp³-hybridized carbons (Fsp3) is 0.0500. The summed E-state index contributed by atoms with van der Waals surface area (Å²) in [6.45, 7) is 0.242. The van der Waals surface area contributed by atoms with E-state index in [0.717, 1.165) is 5.56 Å². The second-order valence-corrected chi connectivity index (χ2v) is 6.05. The van der Waals surface area contributed by atoms with Crippen LogP contribution in [0.3, 0.4) is 0 Å². The normalized spacial score (nSPS) is 10.3. The minimum absolute atomic E-state index is 0.0738. The molecule has 3 aromatic rings. The van der Waals surface area contributed by atoms with Gasteiger partial charge in [-0.2, -0.15) is 0 Å². The average Bonchev–Trinajstić information content (AvgIpc) is 2.69. The number of rotatable bonds is 5. The Morgan fingerprint density at radius 1 is 0.889 bits per heavy atom. The molecule has 0 unspecified atom stereocenters. The van der Waals surface area contributed by atoms with E-state index < -0.39 is 17.6 Å². The topological polar surface area (TPSA) is 71.1 Å². The molecular weight excluding hydrogens is 369 g/mol. The highest BCUT2D eigenvalue weighted by Crippen LogP contribution is 2.14. The Balaban J connectivity index is 1.67. The molecular formula is C20H15ClFN3O2. The highest BCUT2D eigenvalue weighted by atomic mass is 35.5. The molecule has 5 nitrogen and oxygen atoms in total. The Kier molecular flexibility index (Phi) is 5.78. The Morgan fingerprint density at radius 2 is 1.56 bits per heavy atom. The molecule has 2 aromatic carbocycles. The molecule has 136 valence electrons. The minimum Gasteiger partial charge on any atom is -0.347 e. The molecule has 3 rings (SSSR count). The van der Waals surface area contributed by atoms with Crippen molar-refractivity contribution in [1.82, 2.24) is 10.3 Å². The lowest BCUT2D eigenvalue weighted by Crippen LogP contribution is -2.25. The van der Waals surface area contributed by atoms with E-state index in [-0.39, 0.29) is 17.9 Å². The van der Waals surface area contributed by atoms with Crippen LogP contribution in [0, 0.1) is 5.82 Å². The van der Waals surface area contributed by atoms with Crippen LogP contribution in [0.15, 0.2) is 66.7 Å². The number of benzene rings is 2. The Morgan fingerprint density at radius 3 is 2.26 bits per heavy atom. The maximum Gasteiger partial charge on any atom is 0.274 e. The number of hydrogen-bond acceptors (Lipinski definition) is 3. The number of hydrogen-bond donors (Lipinski definition) is 2. The van der Waals surface area contributed by atoms with E-state index in [1.165, 1.54) is 36.4 Å². The van der Waals surface area contributed by atoms with Crippen LogP contribution in [0.5, 0.6) is 0 Å². The molecule has 0 fully saturated rings. The number of carbonyl (C=O) groups is 2. The lowest BCUT2D eigenvalue weighted by atomic mass is 10.2. The van der Waals surface area contributed by atoms with E-state index in [1.807, 2.05) is 12.1 Å². The third kappa shape index (κ3) is 4.89. The largest absolute Gasteiger partial charge is 0.347 e. The quantitative estimate of drug-likeness (QED) is 0.698. The van der Waals surface area contributed by atoms with Crippen LogP contribution in [0.4, 0.5) is 10.1 Å². The van der Waals surface area contributed by atoms with Crippen LogP contribution < -0.4 is 10.6 Å². The molecule has 27 heavy (non-hydrogen) atoms. The molecule has 0 bridgehead atoms. The zero-order valence-corrected chi connectivity index (χ0v) is 14.8. The van der Waals surface area contributed by atoms with Crippen molar-refractivity contribution in [3.05, 3.63) is 94.5 Å². The van der Waals surface area contributed by atoms with Crippen molar-refractivity contribution < 1.29 is 14.0 Å². The summed E-state index contributed by atoms with van der Waals surface area (Å²) in [5.74, 6) is -1.32. The molecule has 7 heteroatoms. The van der Waals surface area contributed by atoms with Gasteiger partial charge in [0.15, 0.2) is 0 Å².